The van der Waals surface area contributed by atoms with E-state index in [1.54, 1.807) is 6.92 Å². The fourth-order valence-electron chi connectivity index (χ4n) is 3.14. The van der Waals surface area contributed by atoms with Gasteiger partial charge < -0.3 is 5.32 Å². The summed E-state index contributed by atoms with van der Waals surface area (Å²) < 4.78 is 105. The van der Waals surface area contributed by atoms with Gasteiger partial charge in [0.15, 0.2) is 5.82 Å². The number of nitrogens with zero attached hydrogens (tertiary/aromatic N) is 3. The number of carbonyl (C=O) groups excluding carboxylic acids is 1. The number of anilines is 1. The number of hydrogen-bond donors (Lipinski definition) is 2. The molecular formula is C22H19F6N5O3S. The third kappa shape index (κ3) is 7.31. The second kappa shape index (κ2) is 10.2. The van der Waals surface area contributed by atoms with Gasteiger partial charge >= 0.3 is 12.4 Å². The Bertz CT molecular complexity index is 1400. The lowest BCUT2D eigenvalue weighted by Gasteiger charge is -2.13. The first-order valence-corrected chi connectivity index (χ1v) is 12.2. The van der Waals surface area contributed by atoms with Crippen molar-refractivity contribution in [2.24, 2.45) is 0 Å². The van der Waals surface area contributed by atoms with E-state index in [0.29, 0.717) is 17.7 Å². The van der Waals surface area contributed by atoms with Crippen molar-refractivity contribution in [1.29, 1.82) is 0 Å². The lowest BCUT2D eigenvalue weighted by molar-refractivity contribution is -0.143. The summed E-state index contributed by atoms with van der Waals surface area (Å²) in [6.45, 7) is 1.91. The van der Waals surface area contributed by atoms with Gasteiger partial charge in [-0.1, -0.05) is 12.1 Å². The van der Waals surface area contributed by atoms with Crippen molar-refractivity contribution in [3.8, 4) is 11.4 Å². The summed E-state index contributed by atoms with van der Waals surface area (Å²) in [6.07, 6.45) is -6.92. The highest BCUT2D eigenvalue weighted by atomic mass is 32.2. The Morgan fingerprint density at radius 1 is 1.00 bits per heavy atom. The molecule has 1 amide bonds. The van der Waals surface area contributed by atoms with E-state index in [1.165, 1.54) is 30.5 Å². The number of aromatic nitrogens is 3. The molecular weight excluding hydrogens is 528 g/mol. The summed E-state index contributed by atoms with van der Waals surface area (Å²) in [5.41, 5.74) is -2.99. The average Bonchev–Trinajstić information content (AvgIpc) is 3.24. The van der Waals surface area contributed by atoms with Crippen LogP contribution >= 0.6 is 0 Å². The first-order valence-electron chi connectivity index (χ1n) is 10.4. The maximum atomic E-state index is 13.2. The SMILES string of the molecule is CCNC(=O)/C(=C/n1cnc(-c2cc(C(F)(F)F)cc(C(F)(F)F)c2)n1)c1ccc(NS(C)(=O)=O)cc1. The molecule has 1 aromatic heterocycles. The van der Waals surface area contributed by atoms with Crippen molar-refractivity contribution >= 4 is 33.4 Å². The third-order valence-electron chi connectivity index (χ3n) is 4.70. The number of benzene rings is 2. The first-order chi connectivity index (χ1) is 17.1. The molecule has 2 aromatic carbocycles. The summed E-state index contributed by atoms with van der Waals surface area (Å²) in [7, 11) is -3.54. The lowest BCUT2D eigenvalue weighted by atomic mass is 10.0. The van der Waals surface area contributed by atoms with Crippen LogP contribution in [0, 0.1) is 0 Å². The monoisotopic (exact) mass is 547 g/mol. The maximum Gasteiger partial charge on any atom is 0.416 e. The summed E-state index contributed by atoms with van der Waals surface area (Å²) in [5, 5.41) is 6.50. The largest absolute Gasteiger partial charge is 0.416 e. The molecule has 0 spiro atoms. The lowest BCUT2D eigenvalue weighted by Crippen LogP contribution is -2.24. The highest BCUT2D eigenvalue weighted by molar-refractivity contribution is 7.92. The number of hydrogen-bond acceptors (Lipinski definition) is 5. The van der Waals surface area contributed by atoms with Gasteiger partial charge in [0.1, 0.15) is 6.33 Å². The smallest absolute Gasteiger partial charge is 0.352 e. The van der Waals surface area contributed by atoms with Gasteiger partial charge in [-0.15, -0.1) is 5.10 Å². The van der Waals surface area contributed by atoms with E-state index in [1.807, 2.05) is 0 Å². The highest BCUT2D eigenvalue weighted by Gasteiger charge is 2.37. The van der Waals surface area contributed by atoms with Crippen molar-refractivity contribution in [3.63, 3.8) is 0 Å². The zero-order valence-electron chi connectivity index (χ0n) is 19.1. The number of sulfonamides is 1. The number of rotatable bonds is 7. The molecule has 0 bridgehead atoms. The minimum atomic E-state index is -5.04. The predicted molar refractivity (Wildman–Crippen MR) is 123 cm³/mol. The van der Waals surface area contributed by atoms with Crippen LogP contribution in [0.25, 0.3) is 23.2 Å². The van der Waals surface area contributed by atoms with Crippen LogP contribution in [0.2, 0.25) is 0 Å². The Morgan fingerprint density at radius 3 is 2.05 bits per heavy atom. The van der Waals surface area contributed by atoms with E-state index in [2.05, 4.69) is 20.1 Å². The van der Waals surface area contributed by atoms with Crippen LogP contribution in [-0.2, 0) is 27.2 Å². The minimum Gasteiger partial charge on any atom is -0.352 e. The van der Waals surface area contributed by atoms with E-state index >= 15 is 0 Å². The topological polar surface area (TPSA) is 106 Å². The van der Waals surface area contributed by atoms with E-state index in [9.17, 15) is 39.6 Å². The van der Waals surface area contributed by atoms with Crippen LogP contribution < -0.4 is 10.0 Å². The number of alkyl halides is 6. The number of amides is 1. The quantitative estimate of drug-likeness (QED) is 0.335. The minimum absolute atomic E-state index is 0.00408. The van der Waals surface area contributed by atoms with Crippen molar-refractivity contribution in [1.82, 2.24) is 20.1 Å². The second-order valence-electron chi connectivity index (χ2n) is 7.70. The fraction of sp³-hybridized carbons (Fsp3) is 0.227. The van der Waals surface area contributed by atoms with E-state index in [4.69, 9.17) is 0 Å². The average molecular weight is 547 g/mol. The van der Waals surface area contributed by atoms with Crippen molar-refractivity contribution in [3.05, 3.63) is 65.5 Å². The molecule has 0 saturated heterocycles. The molecule has 37 heavy (non-hydrogen) atoms. The van der Waals surface area contributed by atoms with Crippen molar-refractivity contribution in [2.75, 3.05) is 17.5 Å². The molecule has 15 heteroatoms. The number of nitrogens with one attached hydrogen (secondary N) is 2. The Hall–Kier alpha value is -3.88. The fourth-order valence-corrected chi connectivity index (χ4v) is 3.70. The molecule has 3 rings (SSSR count). The molecule has 2 N–H and O–H groups in total. The van der Waals surface area contributed by atoms with Crippen LogP contribution in [0.3, 0.4) is 0 Å². The number of likely N-dealkylation sites (N-methyl/N-ethyl adjacent to an activating group) is 1. The van der Waals surface area contributed by atoms with Crippen LogP contribution in [-0.4, -0.2) is 41.9 Å². The van der Waals surface area contributed by atoms with Gasteiger partial charge in [-0.05, 0) is 42.8 Å². The standard InChI is InChI=1S/C22H19F6N5O3S/c1-3-29-20(34)18(13-4-6-17(7-5-13)32-37(2,35)36)11-33-12-30-19(31-33)14-8-15(21(23,24)25)10-16(9-14)22(26,27)28/h4-12,32H,3H2,1-2H3,(H,29,34)/b18-11+. The molecule has 0 radical (unpaired) electrons. The molecule has 0 saturated carbocycles. The molecule has 3 aromatic rings. The summed E-state index contributed by atoms with van der Waals surface area (Å²) in [6, 6.07) is 6.67. The van der Waals surface area contributed by atoms with Crippen LogP contribution in [0.1, 0.15) is 23.6 Å². The number of halogens is 6. The summed E-state index contributed by atoms with van der Waals surface area (Å²) in [5.74, 6) is -1.00. The highest BCUT2D eigenvalue weighted by Crippen LogP contribution is 2.38. The molecule has 0 aliphatic heterocycles. The Balaban J connectivity index is 2.04. The summed E-state index contributed by atoms with van der Waals surface area (Å²) >= 11 is 0. The third-order valence-corrected chi connectivity index (χ3v) is 5.30. The predicted octanol–water partition coefficient (Wildman–Crippen LogP) is 4.49. The molecule has 0 aliphatic rings. The Labute approximate surface area is 207 Å². The first kappa shape index (κ1) is 27.7. The Kier molecular flexibility index (Phi) is 7.67. The molecule has 1 heterocycles. The van der Waals surface area contributed by atoms with Crippen LogP contribution in [0.15, 0.2) is 48.8 Å². The van der Waals surface area contributed by atoms with Gasteiger partial charge in [0.25, 0.3) is 5.91 Å². The van der Waals surface area contributed by atoms with Gasteiger partial charge in [0.05, 0.1) is 23.0 Å². The van der Waals surface area contributed by atoms with E-state index in [0.717, 1.165) is 17.3 Å². The van der Waals surface area contributed by atoms with Crippen LogP contribution in [0.4, 0.5) is 32.0 Å². The molecule has 0 atom stereocenters. The normalized spacial score (nSPS) is 12.9. The molecule has 0 fully saturated rings. The van der Waals surface area contributed by atoms with Gasteiger partial charge in [0.2, 0.25) is 10.0 Å². The Morgan fingerprint density at radius 2 is 1.57 bits per heavy atom. The zero-order valence-corrected chi connectivity index (χ0v) is 20.0. The van der Waals surface area contributed by atoms with Gasteiger partial charge in [-0.2, -0.15) is 26.3 Å². The molecule has 198 valence electrons. The summed E-state index contributed by atoms with van der Waals surface area (Å²) in [4.78, 5) is 16.4. The molecule has 0 aliphatic carbocycles. The molecule has 8 nitrogen and oxygen atoms in total. The zero-order chi connectivity index (χ0) is 27.6. The van der Waals surface area contributed by atoms with Crippen molar-refractivity contribution < 1.29 is 39.6 Å². The van der Waals surface area contributed by atoms with Crippen LogP contribution in [0.5, 0.6) is 0 Å². The second-order valence-corrected chi connectivity index (χ2v) is 9.45. The van der Waals surface area contributed by atoms with Crippen molar-refractivity contribution in [2.45, 2.75) is 19.3 Å². The van der Waals surface area contributed by atoms with Gasteiger partial charge in [-0.25, -0.2) is 18.1 Å². The van der Waals surface area contributed by atoms with Gasteiger partial charge in [-0.3, -0.25) is 9.52 Å². The van der Waals surface area contributed by atoms with E-state index in [-0.39, 0.29) is 23.9 Å². The number of carbonyl (C=O) groups is 1. The maximum absolute atomic E-state index is 13.2. The van der Waals surface area contributed by atoms with Gasteiger partial charge in [0, 0.05) is 24.0 Å². The molecule has 0 unspecified atom stereocenters. The van der Waals surface area contributed by atoms with E-state index < -0.39 is 50.8 Å².